The Hall–Kier alpha value is -7.81. The third-order valence-corrected chi connectivity index (χ3v) is 11.0. The molecule has 412 valence electrons. The molecule has 2 heterocycles. The summed E-state index contributed by atoms with van der Waals surface area (Å²) in [5.74, 6) is 0. The molecule has 4 aromatic rings. The van der Waals surface area contributed by atoms with Crippen LogP contribution in [0.25, 0.3) is 0 Å². The number of hydrogen-bond donors (Lipinski definition) is 1. The van der Waals surface area contributed by atoms with Crippen LogP contribution in [-0.4, -0.2) is 110 Å². The van der Waals surface area contributed by atoms with E-state index in [4.69, 9.17) is 23.7 Å². The van der Waals surface area contributed by atoms with Crippen LogP contribution in [0.4, 0.5) is 35.3 Å². The first-order chi connectivity index (χ1) is 35.7. The van der Waals surface area contributed by atoms with Gasteiger partial charge in [0, 0.05) is 69.6 Å². The highest BCUT2D eigenvalue weighted by molar-refractivity contribution is 5.77. The number of piperidine rings is 2. The first-order valence-electron chi connectivity index (χ1n) is 25.0. The van der Waals surface area contributed by atoms with E-state index < -0.39 is 51.1 Å². The van der Waals surface area contributed by atoms with Crippen molar-refractivity contribution in [3.05, 3.63) is 152 Å². The molecule has 0 spiro atoms. The second-order valence-electron chi connectivity index (χ2n) is 21.0. The summed E-state index contributed by atoms with van der Waals surface area (Å²) < 4.78 is 30.3. The van der Waals surface area contributed by atoms with Crippen LogP contribution >= 0.6 is 0 Å². The van der Waals surface area contributed by atoms with E-state index in [2.05, 4.69) is 10.1 Å². The molecule has 2 aliphatic heterocycles. The molecular weight excluding hydrogens is 985 g/mol. The SMILES string of the molecule is CC(C)(C)OC(=O)N(Cc1ccc([N+](=O)[O-])cc1)[C@@H]1CCCN(C(=O)OCc2ccccc2)C1.CC(C)(C)OC(=O)OC(=O)OC(C)(C)C.O=C(OCc1ccccc1)N1CCC[C@@H](NCc2ccc([N+](=O)[O-])cc2)C1. The predicted molar refractivity (Wildman–Crippen MR) is 281 cm³/mol. The summed E-state index contributed by atoms with van der Waals surface area (Å²) >= 11 is 0. The number of rotatable bonds is 12. The average molecular weight is 1060 g/mol. The van der Waals surface area contributed by atoms with Gasteiger partial charge in [-0.15, -0.1) is 0 Å². The number of nitrogens with zero attached hydrogens (tertiary/aromatic N) is 5. The number of nitro groups is 2. The van der Waals surface area contributed by atoms with Crippen LogP contribution in [0.15, 0.2) is 109 Å². The van der Waals surface area contributed by atoms with E-state index in [1.807, 2.05) is 60.7 Å². The molecule has 2 aliphatic rings. The number of ether oxygens (including phenoxy) is 6. The molecule has 0 aliphatic carbocycles. The van der Waals surface area contributed by atoms with Gasteiger partial charge in [-0.1, -0.05) is 84.9 Å². The van der Waals surface area contributed by atoms with E-state index in [0.29, 0.717) is 45.6 Å². The van der Waals surface area contributed by atoms with Crippen LogP contribution in [0.1, 0.15) is 110 Å². The lowest BCUT2D eigenvalue weighted by Gasteiger charge is -2.39. The van der Waals surface area contributed by atoms with Crippen molar-refractivity contribution in [2.45, 2.75) is 143 Å². The second kappa shape index (κ2) is 28.7. The molecule has 76 heavy (non-hydrogen) atoms. The van der Waals surface area contributed by atoms with Gasteiger partial charge in [-0.3, -0.25) is 25.1 Å². The fourth-order valence-electron chi connectivity index (χ4n) is 7.50. The summed E-state index contributed by atoms with van der Waals surface area (Å²) in [5, 5.41) is 25.1. The summed E-state index contributed by atoms with van der Waals surface area (Å²) in [7, 11) is 0. The highest BCUT2D eigenvalue weighted by atomic mass is 16.8. The van der Waals surface area contributed by atoms with Gasteiger partial charge >= 0.3 is 30.6 Å². The van der Waals surface area contributed by atoms with Crippen LogP contribution in [0, 0.1) is 20.2 Å². The highest BCUT2D eigenvalue weighted by Gasteiger charge is 2.34. The number of carbonyl (C=O) groups excluding carboxylic acids is 5. The molecule has 21 heteroatoms. The lowest BCUT2D eigenvalue weighted by atomic mass is 10.0. The van der Waals surface area contributed by atoms with Gasteiger partial charge in [-0.2, -0.15) is 0 Å². The molecule has 0 radical (unpaired) electrons. The first kappa shape index (κ1) is 60.7. The molecule has 3 amide bonds. The Labute approximate surface area is 444 Å². The van der Waals surface area contributed by atoms with Crippen molar-refractivity contribution in [1.29, 1.82) is 0 Å². The minimum Gasteiger partial charge on any atom is -0.445 e. The molecule has 2 saturated heterocycles. The molecule has 6 rings (SSSR count). The number of hydrogen-bond acceptors (Lipinski definition) is 16. The Bertz CT molecular complexity index is 2480. The molecule has 0 aromatic heterocycles. The summed E-state index contributed by atoms with van der Waals surface area (Å²) in [6.07, 6.45) is -0.00903. The van der Waals surface area contributed by atoms with Gasteiger partial charge in [0.1, 0.15) is 30.0 Å². The Morgan fingerprint density at radius 1 is 0.566 bits per heavy atom. The summed E-state index contributed by atoms with van der Waals surface area (Å²) in [4.78, 5) is 85.9. The highest BCUT2D eigenvalue weighted by Crippen LogP contribution is 2.24. The van der Waals surface area contributed by atoms with Crippen LogP contribution in [0.5, 0.6) is 0 Å². The molecule has 4 aromatic carbocycles. The Balaban J connectivity index is 0.000000265. The van der Waals surface area contributed by atoms with Crippen molar-refractivity contribution >= 4 is 42.0 Å². The fourth-order valence-corrected chi connectivity index (χ4v) is 7.50. The monoisotopic (exact) mass is 1060 g/mol. The van der Waals surface area contributed by atoms with Gasteiger partial charge < -0.3 is 43.5 Å². The van der Waals surface area contributed by atoms with Gasteiger partial charge in [0.15, 0.2) is 0 Å². The molecule has 0 bridgehead atoms. The van der Waals surface area contributed by atoms with E-state index >= 15 is 0 Å². The zero-order valence-corrected chi connectivity index (χ0v) is 44.9. The van der Waals surface area contributed by atoms with Crippen molar-refractivity contribution in [1.82, 2.24) is 20.0 Å². The predicted octanol–water partition coefficient (Wildman–Crippen LogP) is 11.5. The smallest absolute Gasteiger partial charge is 0.445 e. The minimum absolute atomic E-state index is 0.0161. The third kappa shape index (κ3) is 23.2. The van der Waals surface area contributed by atoms with E-state index in [9.17, 15) is 44.2 Å². The summed E-state index contributed by atoms with van der Waals surface area (Å²) in [6, 6.07) is 31.6. The molecule has 2 atom stereocenters. The van der Waals surface area contributed by atoms with Crippen molar-refractivity contribution in [3.63, 3.8) is 0 Å². The van der Waals surface area contributed by atoms with Gasteiger partial charge in [0.2, 0.25) is 0 Å². The lowest BCUT2D eigenvalue weighted by molar-refractivity contribution is -0.385. The molecule has 0 saturated carbocycles. The average Bonchev–Trinajstić information content (AvgIpc) is 3.35. The number of likely N-dealkylation sites (tertiary alicyclic amines) is 2. The van der Waals surface area contributed by atoms with Gasteiger partial charge in [0.05, 0.1) is 15.9 Å². The normalized spacial score (nSPS) is 15.4. The molecule has 0 unspecified atom stereocenters. The van der Waals surface area contributed by atoms with Crippen molar-refractivity contribution in [3.8, 4) is 0 Å². The molecular formula is C55H72N6O15. The van der Waals surface area contributed by atoms with Gasteiger partial charge in [0.25, 0.3) is 11.4 Å². The number of benzene rings is 4. The summed E-state index contributed by atoms with van der Waals surface area (Å²) in [5.41, 5.74) is 1.57. The van der Waals surface area contributed by atoms with Gasteiger partial charge in [-0.25, -0.2) is 24.0 Å². The first-order valence-corrected chi connectivity index (χ1v) is 25.0. The number of carbonyl (C=O) groups is 5. The van der Waals surface area contributed by atoms with E-state index in [1.54, 1.807) is 101 Å². The zero-order valence-electron chi connectivity index (χ0n) is 44.9. The number of nitrogens with one attached hydrogen (secondary N) is 1. The molecule has 1 N–H and O–H groups in total. The van der Waals surface area contributed by atoms with E-state index in [-0.39, 0.29) is 49.3 Å². The van der Waals surface area contributed by atoms with Crippen LogP contribution < -0.4 is 5.32 Å². The Morgan fingerprint density at radius 2 is 0.987 bits per heavy atom. The standard InChI is InChI=1S/C25H31N3O6.C20H23N3O4.C10H18O5/c1-25(2,3)34-24(30)27(16-19-11-13-21(14-12-19)28(31)32)22-10-7-15-26(17-22)23(29)33-18-20-8-5-4-6-9-20;24-20(27-15-17-5-2-1-3-6-17)22-12-4-7-18(14-22)21-13-16-8-10-19(11-9-16)23(25)26;1-9(2,3)14-7(11)13-8(12)15-10(4,5)6/h4-6,8-9,11-14,22H,7,10,15-18H2,1-3H3;1-3,5-6,8-11,18,21H,4,7,12-15H2;1-6H3/t22-;18-;/m11./s1. The van der Waals surface area contributed by atoms with Crippen molar-refractivity contribution in [2.24, 2.45) is 0 Å². The van der Waals surface area contributed by atoms with Crippen molar-refractivity contribution < 1.29 is 62.2 Å². The maximum absolute atomic E-state index is 13.1. The fraction of sp³-hybridized carbons (Fsp3) is 0.473. The van der Waals surface area contributed by atoms with Crippen LogP contribution in [-0.2, 0) is 54.7 Å². The number of non-ortho nitro benzene ring substituents is 2. The quantitative estimate of drug-likeness (QED) is 0.0455. The van der Waals surface area contributed by atoms with E-state index in [1.165, 1.54) is 24.3 Å². The van der Waals surface area contributed by atoms with Crippen LogP contribution in [0.2, 0.25) is 0 Å². The maximum atomic E-state index is 13.1. The second-order valence-corrected chi connectivity index (χ2v) is 21.0. The minimum atomic E-state index is -1.06. The van der Waals surface area contributed by atoms with Crippen LogP contribution in [0.3, 0.4) is 0 Å². The topological polar surface area (TPSA) is 249 Å². The Morgan fingerprint density at radius 3 is 1.42 bits per heavy atom. The van der Waals surface area contributed by atoms with Crippen molar-refractivity contribution in [2.75, 3.05) is 26.2 Å². The number of nitro benzene ring substituents is 2. The van der Waals surface area contributed by atoms with E-state index in [0.717, 1.165) is 35.1 Å². The Kier molecular flexibility index (Phi) is 23.0. The molecule has 21 nitrogen and oxygen atoms in total. The maximum Gasteiger partial charge on any atom is 0.519 e. The third-order valence-electron chi connectivity index (χ3n) is 11.0. The molecule has 2 fully saturated rings. The van der Waals surface area contributed by atoms with Gasteiger partial charge in [-0.05, 0) is 110 Å². The summed E-state index contributed by atoms with van der Waals surface area (Å²) in [6.45, 7) is 18.8. The zero-order chi connectivity index (χ0) is 56.1. The lowest BCUT2D eigenvalue weighted by Crippen LogP contribution is -2.52. The number of amides is 3. The largest absolute Gasteiger partial charge is 0.519 e.